The number of halogens is 2. The lowest BCUT2D eigenvalue weighted by Crippen LogP contribution is -2.14. The van der Waals surface area contributed by atoms with Crippen molar-refractivity contribution >= 4 is 38.5 Å². The second kappa shape index (κ2) is 3.82. The minimum absolute atomic E-state index is 0.110. The Labute approximate surface area is 124 Å². The molecule has 0 fully saturated rings. The molecule has 2 heteroatoms. The fraction of sp³-hybridized carbons (Fsp3) is 0.200. The van der Waals surface area contributed by atoms with Gasteiger partial charge < -0.3 is 0 Å². The molecule has 1 aliphatic carbocycles. The summed E-state index contributed by atoms with van der Waals surface area (Å²) in [4.78, 5) is 0. The molecule has 86 valence electrons. The highest BCUT2D eigenvalue weighted by Gasteiger charge is 2.35. The zero-order valence-electron chi connectivity index (χ0n) is 9.72. The molecule has 2 aromatic rings. The molecule has 0 aromatic heterocycles. The van der Waals surface area contributed by atoms with E-state index in [4.69, 9.17) is 0 Å². The third-order valence-electron chi connectivity index (χ3n) is 3.62. The molecule has 0 aliphatic heterocycles. The van der Waals surface area contributed by atoms with Crippen molar-refractivity contribution in [1.82, 2.24) is 0 Å². The maximum Gasteiger partial charge on any atom is 0.0312 e. The van der Waals surface area contributed by atoms with Crippen molar-refractivity contribution in [3.05, 3.63) is 55.6 Å². The van der Waals surface area contributed by atoms with Crippen molar-refractivity contribution in [1.29, 1.82) is 0 Å². The highest BCUT2D eigenvalue weighted by Crippen LogP contribution is 2.49. The summed E-state index contributed by atoms with van der Waals surface area (Å²) >= 11 is 6.02. The molecular formula is C15H12BrI. The van der Waals surface area contributed by atoms with Gasteiger partial charge in [-0.1, -0.05) is 38.1 Å². The molecule has 0 heterocycles. The van der Waals surface area contributed by atoms with Gasteiger partial charge in [-0.2, -0.15) is 0 Å². The number of hydrogen-bond acceptors (Lipinski definition) is 0. The van der Waals surface area contributed by atoms with Crippen LogP contribution < -0.4 is 0 Å². The Morgan fingerprint density at radius 2 is 1.71 bits per heavy atom. The Kier molecular flexibility index (Phi) is 2.63. The maximum atomic E-state index is 3.64. The van der Waals surface area contributed by atoms with Gasteiger partial charge in [0.2, 0.25) is 0 Å². The van der Waals surface area contributed by atoms with E-state index in [-0.39, 0.29) is 5.41 Å². The van der Waals surface area contributed by atoms with Crippen LogP contribution in [0.5, 0.6) is 0 Å². The summed E-state index contributed by atoms with van der Waals surface area (Å²) in [6.07, 6.45) is 0. The van der Waals surface area contributed by atoms with Crippen LogP contribution in [0.3, 0.4) is 0 Å². The van der Waals surface area contributed by atoms with Crippen molar-refractivity contribution in [2.75, 3.05) is 0 Å². The van der Waals surface area contributed by atoms with Gasteiger partial charge in [0.25, 0.3) is 0 Å². The molecule has 0 saturated heterocycles. The van der Waals surface area contributed by atoms with Gasteiger partial charge in [0.05, 0.1) is 0 Å². The molecule has 0 bridgehead atoms. The summed E-state index contributed by atoms with van der Waals surface area (Å²) in [5.74, 6) is 0. The molecular weight excluding hydrogens is 387 g/mol. The first-order valence-corrected chi connectivity index (χ1v) is 7.48. The van der Waals surface area contributed by atoms with Crippen LogP contribution in [0, 0.1) is 3.57 Å². The van der Waals surface area contributed by atoms with E-state index in [0.29, 0.717) is 0 Å². The summed E-state index contributed by atoms with van der Waals surface area (Å²) in [6.45, 7) is 4.61. The number of hydrogen-bond donors (Lipinski definition) is 0. The van der Waals surface area contributed by atoms with E-state index in [1.807, 2.05) is 0 Å². The van der Waals surface area contributed by atoms with E-state index >= 15 is 0 Å². The summed E-state index contributed by atoms with van der Waals surface area (Å²) in [7, 11) is 0. The molecule has 0 N–H and O–H groups in total. The van der Waals surface area contributed by atoms with E-state index in [1.165, 1.54) is 30.3 Å². The largest absolute Gasteiger partial charge is 0.0619 e. The van der Waals surface area contributed by atoms with Crippen LogP contribution in [0.4, 0.5) is 0 Å². The molecule has 3 rings (SSSR count). The Hall–Kier alpha value is -0.350. The van der Waals surface area contributed by atoms with Crippen molar-refractivity contribution in [3.63, 3.8) is 0 Å². The number of rotatable bonds is 0. The number of benzene rings is 2. The molecule has 0 spiro atoms. The molecule has 0 radical (unpaired) electrons. The van der Waals surface area contributed by atoms with Crippen molar-refractivity contribution < 1.29 is 0 Å². The molecule has 0 amide bonds. The van der Waals surface area contributed by atoms with E-state index in [2.05, 4.69) is 88.8 Å². The highest BCUT2D eigenvalue weighted by molar-refractivity contribution is 14.1. The highest BCUT2D eigenvalue weighted by atomic mass is 127. The minimum Gasteiger partial charge on any atom is -0.0619 e. The van der Waals surface area contributed by atoms with Gasteiger partial charge in [-0.15, -0.1) is 0 Å². The van der Waals surface area contributed by atoms with E-state index in [1.54, 1.807) is 0 Å². The second-order valence-electron chi connectivity index (χ2n) is 4.98. The van der Waals surface area contributed by atoms with Crippen LogP contribution in [0.25, 0.3) is 11.1 Å². The van der Waals surface area contributed by atoms with Crippen LogP contribution in [0.2, 0.25) is 0 Å². The third-order valence-corrected chi connectivity index (χ3v) is 5.91. The average Bonchev–Trinajstić information content (AvgIpc) is 2.51. The fourth-order valence-electron chi connectivity index (χ4n) is 2.69. The SMILES string of the molecule is CC1(C)c2ccccc2-c2cc(I)c(Br)cc21. The normalized spacial score (nSPS) is 15.5. The second-order valence-corrected chi connectivity index (χ2v) is 7.00. The molecule has 0 saturated carbocycles. The molecule has 0 nitrogen and oxygen atoms in total. The topological polar surface area (TPSA) is 0 Å². The zero-order valence-corrected chi connectivity index (χ0v) is 13.5. The fourth-order valence-corrected chi connectivity index (χ4v) is 3.51. The van der Waals surface area contributed by atoms with Gasteiger partial charge in [-0.05, 0) is 72.9 Å². The lowest BCUT2D eigenvalue weighted by atomic mass is 9.82. The monoisotopic (exact) mass is 398 g/mol. The molecule has 0 atom stereocenters. The lowest BCUT2D eigenvalue weighted by molar-refractivity contribution is 0.660. The Morgan fingerprint density at radius 1 is 1.00 bits per heavy atom. The Morgan fingerprint density at radius 3 is 2.47 bits per heavy atom. The first-order chi connectivity index (χ1) is 8.01. The van der Waals surface area contributed by atoms with E-state index in [9.17, 15) is 0 Å². The predicted molar refractivity (Wildman–Crippen MR) is 84.4 cm³/mol. The quantitative estimate of drug-likeness (QED) is 0.524. The van der Waals surface area contributed by atoms with Gasteiger partial charge in [0.1, 0.15) is 0 Å². The van der Waals surface area contributed by atoms with Crippen LogP contribution in [-0.4, -0.2) is 0 Å². The first-order valence-electron chi connectivity index (χ1n) is 5.61. The van der Waals surface area contributed by atoms with Crippen molar-refractivity contribution in [2.24, 2.45) is 0 Å². The zero-order chi connectivity index (χ0) is 12.2. The summed E-state index contributed by atoms with van der Waals surface area (Å²) in [5.41, 5.74) is 5.74. The summed E-state index contributed by atoms with van der Waals surface area (Å²) < 4.78 is 2.46. The van der Waals surface area contributed by atoms with Gasteiger partial charge in [-0.3, -0.25) is 0 Å². The van der Waals surface area contributed by atoms with Crippen LogP contribution in [0.1, 0.15) is 25.0 Å². The maximum absolute atomic E-state index is 3.64. The lowest BCUT2D eigenvalue weighted by Gasteiger charge is -2.21. The average molecular weight is 399 g/mol. The van der Waals surface area contributed by atoms with Gasteiger partial charge >= 0.3 is 0 Å². The molecule has 2 aromatic carbocycles. The van der Waals surface area contributed by atoms with Crippen molar-refractivity contribution in [2.45, 2.75) is 19.3 Å². The van der Waals surface area contributed by atoms with Crippen LogP contribution >= 0.6 is 38.5 Å². The van der Waals surface area contributed by atoms with Gasteiger partial charge in [0, 0.05) is 13.5 Å². The predicted octanol–water partition coefficient (Wildman–Crippen LogP) is 5.36. The standard InChI is InChI=1S/C15H12BrI/c1-15(2)11-6-4-3-5-9(11)10-7-14(17)13(16)8-12(10)15/h3-8H,1-2H3. The first kappa shape index (κ1) is 11.7. The minimum atomic E-state index is 0.110. The smallest absolute Gasteiger partial charge is 0.0312 e. The third kappa shape index (κ3) is 1.60. The van der Waals surface area contributed by atoms with Crippen LogP contribution in [0.15, 0.2) is 40.9 Å². The Balaban J connectivity index is 2.40. The van der Waals surface area contributed by atoms with Gasteiger partial charge in [-0.25, -0.2) is 0 Å². The number of fused-ring (bicyclic) bond motifs is 3. The molecule has 17 heavy (non-hydrogen) atoms. The molecule has 1 aliphatic rings. The van der Waals surface area contributed by atoms with E-state index in [0.717, 1.165) is 0 Å². The molecule has 0 unspecified atom stereocenters. The Bertz CT molecular complexity index is 614. The summed E-state index contributed by atoms with van der Waals surface area (Å²) in [6, 6.07) is 13.3. The van der Waals surface area contributed by atoms with E-state index < -0.39 is 0 Å². The van der Waals surface area contributed by atoms with Gasteiger partial charge in [0.15, 0.2) is 0 Å². The summed E-state index contributed by atoms with van der Waals surface area (Å²) in [5, 5.41) is 0. The van der Waals surface area contributed by atoms with Crippen molar-refractivity contribution in [3.8, 4) is 11.1 Å². The van der Waals surface area contributed by atoms with Crippen LogP contribution in [-0.2, 0) is 5.41 Å².